The van der Waals surface area contributed by atoms with Crippen molar-refractivity contribution in [3.63, 3.8) is 0 Å². The van der Waals surface area contributed by atoms with Crippen molar-refractivity contribution in [2.45, 2.75) is 32.0 Å². The van der Waals surface area contributed by atoms with E-state index in [9.17, 15) is 18.0 Å². The molecule has 0 spiro atoms. The van der Waals surface area contributed by atoms with E-state index >= 15 is 0 Å². The van der Waals surface area contributed by atoms with Crippen LogP contribution in [0.3, 0.4) is 0 Å². The van der Waals surface area contributed by atoms with Crippen molar-refractivity contribution >= 4 is 27.9 Å². The summed E-state index contributed by atoms with van der Waals surface area (Å²) in [6, 6.07) is 17.0. The summed E-state index contributed by atoms with van der Waals surface area (Å²) in [5, 5.41) is 0.668. The first kappa shape index (κ1) is 25.5. The molecule has 2 aromatic heterocycles. The number of aryl methyl sites for hydroxylation is 1. The van der Waals surface area contributed by atoms with Gasteiger partial charge in [-0.05, 0) is 66.8 Å². The van der Waals surface area contributed by atoms with Crippen LogP contribution < -0.4 is 15.4 Å². The highest BCUT2D eigenvalue weighted by atomic mass is 32.1. The smallest absolute Gasteiger partial charge is 0.416 e. The van der Waals surface area contributed by atoms with Gasteiger partial charge in [0.05, 0.1) is 5.56 Å². The van der Waals surface area contributed by atoms with Gasteiger partial charge in [-0.15, -0.1) is 11.3 Å². The van der Waals surface area contributed by atoms with Gasteiger partial charge in [0.25, 0.3) is 5.91 Å². The third kappa shape index (κ3) is 5.15. The molecule has 5 nitrogen and oxygen atoms in total. The highest BCUT2D eigenvalue weighted by molar-refractivity contribution is 7.18. The number of pyridine rings is 1. The monoisotopic (exact) mass is 535 g/mol. The molecule has 0 radical (unpaired) electrons. The summed E-state index contributed by atoms with van der Waals surface area (Å²) in [5.41, 5.74) is 9.03. The molecular formula is C29H24F3N3O2S. The average molecular weight is 536 g/mol. The number of carbonyl (C=O) groups excluding carboxylic acids is 1. The van der Waals surface area contributed by atoms with Gasteiger partial charge in [0.15, 0.2) is 0 Å². The number of hydrogen-bond donors (Lipinski definition) is 1. The van der Waals surface area contributed by atoms with Crippen LogP contribution in [-0.4, -0.2) is 10.9 Å². The van der Waals surface area contributed by atoms with E-state index in [2.05, 4.69) is 11.1 Å². The molecule has 3 heterocycles. The largest absolute Gasteiger partial charge is 0.484 e. The second kappa shape index (κ2) is 10.3. The third-order valence-electron chi connectivity index (χ3n) is 6.34. The molecule has 4 aromatic rings. The number of ether oxygens (including phenoxy) is 1. The number of hydrogen-bond acceptors (Lipinski definition) is 5. The zero-order valence-corrected chi connectivity index (χ0v) is 21.2. The van der Waals surface area contributed by atoms with Crippen LogP contribution >= 0.6 is 11.3 Å². The van der Waals surface area contributed by atoms with Gasteiger partial charge in [-0.1, -0.05) is 30.3 Å². The van der Waals surface area contributed by atoms with Crippen LogP contribution in [0.15, 0.2) is 85.3 Å². The Kier molecular flexibility index (Phi) is 6.94. The molecule has 2 N–H and O–H groups in total. The zero-order chi connectivity index (χ0) is 26.9. The van der Waals surface area contributed by atoms with E-state index in [1.807, 2.05) is 41.4 Å². The molecule has 1 unspecified atom stereocenters. The van der Waals surface area contributed by atoms with Crippen LogP contribution in [0.25, 0.3) is 11.1 Å². The van der Waals surface area contributed by atoms with Crippen molar-refractivity contribution in [3.05, 3.63) is 107 Å². The van der Waals surface area contributed by atoms with Crippen LogP contribution in [0.2, 0.25) is 0 Å². The lowest BCUT2D eigenvalue weighted by Crippen LogP contribution is -2.15. The maximum atomic E-state index is 13.6. The molecule has 5 rings (SSSR count). The Balaban J connectivity index is 1.50. The van der Waals surface area contributed by atoms with E-state index in [0.29, 0.717) is 5.00 Å². The number of thiophene rings is 1. The summed E-state index contributed by atoms with van der Waals surface area (Å²) in [4.78, 5) is 18.5. The van der Waals surface area contributed by atoms with Crippen LogP contribution in [0.1, 0.15) is 45.8 Å². The molecule has 0 saturated carbocycles. The van der Waals surface area contributed by atoms with Crippen molar-refractivity contribution in [2.24, 2.45) is 5.73 Å². The number of primary amides is 1. The fraction of sp³-hybridized carbons (Fsp3) is 0.172. The molecule has 0 saturated heterocycles. The Morgan fingerprint density at radius 2 is 1.84 bits per heavy atom. The number of fused-ring (bicyclic) bond motifs is 1. The van der Waals surface area contributed by atoms with Crippen LogP contribution in [0, 0.1) is 0 Å². The third-order valence-corrected chi connectivity index (χ3v) is 7.47. The lowest BCUT2D eigenvalue weighted by Gasteiger charge is -2.21. The molecule has 0 aliphatic carbocycles. The van der Waals surface area contributed by atoms with E-state index in [1.54, 1.807) is 18.5 Å². The van der Waals surface area contributed by atoms with Gasteiger partial charge in [0.1, 0.15) is 21.7 Å². The number of rotatable bonds is 6. The first-order chi connectivity index (χ1) is 18.2. The number of nitrogens with zero attached hydrogens (tertiary/aromatic N) is 2. The van der Waals surface area contributed by atoms with Crippen LogP contribution in [0.5, 0.6) is 5.75 Å². The predicted molar refractivity (Wildman–Crippen MR) is 143 cm³/mol. The molecule has 38 heavy (non-hydrogen) atoms. The van der Waals surface area contributed by atoms with Gasteiger partial charge < -0.3 is 15.4 Å². The molecule has 1 atom stereocenters. The van der Waals surface area contributed by atoms with E-state index in [0.717, 1.165) is 52.6 Å². The second-order valence-corrected chi connectivity index (χ2v) is 9.89. The fourth-order valence-corrected chi connectivity index (χ4v) is 5.48. The number of carbonyl (C=O) groups is 1. The maximum Gasteiger partial charge on any atom is 0.416 e. The normalized spacial score (nSPS) is 14.1. The highest BCUT2D eigenvalue weighted by Gasteiger charge is 2.35. The van der Waals surface area contributed by atoms with Gasteiger partial charge in [0, 0.05) is 35.9 Å². The number of amides is 1. The quantitative estimate of drug-likeness (QED) is 0.275. The number of alkyl halides is 3. The van der Waals surface area contributed by atoms with Crippen molar-refractivity contribution < 1.29 is 22.7 Å². The van der Waals surface area contributed by atoms with E-state index < -0.39 is 23.8 Å². The molecule has 0 fully saturated rings. The maximum absolute atomic E-state index is 13.6. The summed E-state index contributed by atoms with van der Waals surface area (Å²) in [6.07, 6.45) is 3.62. The first-order valence-electron chi connectivity index (χ1n) is 12.0. The lowest BCUT2D eigenvalue weighted by molar-refractivity contribution is -0.138. The number of allylic oxidation sites excluding steroid dienone is 1. The summed E-state index contributed by atoms with van der Waals surface area (Å²) in [5.74, 6) is -0.561. The van der Waals surface area contributed by atoms with Crippen molar-refractivity contribution in [3.8, 4) is 16.9 Å². The van der Waals surface area contributed by atoms with E-state index in [4.69, 9.17) is 10.5 Å². The minimum Gasteiger partial charge on any atom is -0.484 e. The minimum absolute atomic E-state index is 0.0215. The summed E-state index contributed by atoms with van der Waals surface area (Å²) in [6.45, 7) is 1.52. The summed E-state index contributed by atoms with van der Waals surface area (Å²) < 4.78 is 46.7. The van der Waals surface area contributed by atoms with Crippen LogP contribution in [0.4, 0.5) is 23.9 Å². The Morgan fingerprint density at radius 1 is 1.08 bits per heavy atom. The summed E-state index contributed by atoms with van der Waals surface area (Å²) >= 11 is 1.14. The molecule has 194 valence electrons. The SMILES string of the molecule is CC(Oc1cc(N2C=CCCc3cc(-c4ccncc4)ccc32)sc1C(N)=O)c1ccccc1C(F)(F)F. The van der Waals surface area contributed by atoms with Gasteiger partial charge in [-0.25, -0.2) is 0 Å². The van der Waals surface area contributed by atoms with Gasteiger partial charge in [-0.3, -0.25) is 9.78 Å². The Bertz CT molecular complexity index is 1500. The molecule has 1 amide bonds. The van der Waals surface area contributed by atoms with E-state index in [1.165, 1.54) is 25.1 Å². The Hall–Kier alpha value is -4.11. The molecule has 1 aliphatic heterocycles. The van der Waals surface area contributed by atoms with Crippen LogP contribution in [-0.2, 0) is 12.6 Å². The molecule has 0 bridgehead atoms. The number of halogens is 3. The Morgan fingerprint density at radius 3 is 2.58 bits per heavy atom. The highest BCUT2D eigenvalue weighted by Crippen LogP contribution is 2.44. The molecule has 9 heteroatoms. The van der Waals surface area contributed by atoms with Gasteiger partial charge in [0.2, 0.25) is 0 Å². The summed E-state index contributed by atoms with van der Waals surface area (Å²) in [7, 11) is 0. The lowest BCUT2D eigenvalue weighted by atomic mass is 10.00. The average Bonchev–Trinajstić information content (AvgIpc) is 3.20. The van der Waals surface area contributed by atoms with Gasteiger partial charge >= 0.3 is 6.18 Å². The molecular weight excluding hydrogens is 511 g/mol. The standard InChI is InChI=1S/C29H24F3N3O2S/c1-18(22-7-2-3-8-23(22)29(30,31)32)37-25-17-26(38-27(25)28(33)36)35-15-5-4-6-21-16-20(9-10-24(21)35)19-11-13-34-14-12-19/h2-3,5,7-18H,4,6H2,1H3,(H2,33,36). The first-order valence-corrected chi connectivity index (χ1v) is 12.8. The number of benzene rings is 2. The zero-order valence-electron chi connectivity index (χ0n) is 20.4. The predicted octanol–water partition coefficient (Wildman–Crippen LogP) is 7.67. The number of anilines is 2. The topological polar surface area (TPSA) is 68.4 Å². The van der Waals surface area contributed by atoms with Crippen molar-refractivity contribution in [2.75, 3.05) is 4.90 Å². The van der Waals surface area contributed by atoms with Crippen molar-refractivity contribution in [1.29, 1.82) is 0 Å². The molecule has 1 aliphatic rings. The fourth-order valence-electron chi connectivity index (χ4n) is 4.54. The van der Waals surface area contributed by atoms with E-state index in [-0.39, 0.29) is 16.2 Å². The Labute approximate surface area is 222 Å². The van der Waals surface area contributed by atoms with Crippen molar-refractivity contribution in [1.82, 2.24) is 4.98 Å². The second-order valence-electron chi connectivity index (χ2n) is 8.86. The number of nitrogens with two attached hydrogens (primary N) is 1. The minimum atomic E-state index is -4.53. The van der Waals surface area contributed by atoms with Gasteiger partial charge in [-0.2, -0.15) is 13.2 Å². The molecule has 2 aromatic carbocycles. The number of aromatic nitrogens is 1.